The van der Waals surface area contributed by atoms with Crippen LogP contribution in [0, 0.1) is 0 Å². The van der Waals surface area contributed by atoms with Crippen molar-refractivity contribution in [3.8, 4) is 0 Å². The van der Waals surface area contributed by atoms with Gasteiger partial charge in [0.25, 0.3) is 0 Å². The maximum Gasteiger partial charge on any atom is 0.416 e. The standard InChI is InChI=1S/C12H14F3N3O.ClH/c1-17(2)5-6-18-10-7-8(12(13,14)15)3-4-9(10)16-11(18)19;/h3-4,7H,5-6H2,1-2H3,(H,16,19);1H. The second-order valence-electron chi connectivity index (χ2n) is 4.61. The number of halogens is 4. The van der Waals surface area contributed by atoms with E-state index in [1.165, 1.54) is 10.6 Å². The zero-order valence-corrected chi connectivity index (χ0v) is 11.8. The molecule has 0 unspecified atom stereocenters. The van der Waals surface area contributed by atoms with E-state index in [0.29, 0.717) is 18.6 Å². The highest BCUT2D eigenvalue weighted by Crippen LogP contribution is 2.30. The van der Waals surface area contributed by atoms with Crippen LogP contribution in [0.2, 0.25) is 0 Å². The Kier molecular flexibility index (Phi) is 4.88. The molecule has 8 heteroatoms. The van der Waals surface area contributed by atoms with Gasteiger partial charge in [0.15, 0.2) is 0 Å². The zero-order valence-electron chi connectivity index (χ0n) is 11.0. The summed E-state index contributed by atoms with van der Waals surface area (Å²) in [6.45, 7) is 0.913. The second-order valence-corrected chi connectivity index (χ2v) is 4.61. The first-order chi connectivity index (χ1) is 8.79. The van der Waals surface area contributed by atoms with Crippen molar-refractivity contribution in [2.75, 3.05) is 20.6 Å². The molecule has 0 aliphatic heterocycles. The Labute approximate surface area is 119 Å². The number of aromatic nitrogens is 2. The molecule has 0 aliphatic rings. The van der Waals surface area contributed by atoms with Gasteiger partial charge < -0.3 is 9.88 Å². The highest BCUT2D eigenvalue weighted by Gasteiger charge is 2.30. The predicted molar refractivity (Wildman–Crippen MR) is 73.4 cm³/mol. The van der Waals surface area contributed by atoms with E-state index in [1.54, 1.807) is 0 Å². The third-order valence-corrected chi connectivity index (χ3v) is 2.87. The van der Waals surface area contributed by atoms with Crippen molar-refractivity contribution in [3.63, 3.8) is 0 Å². The monoisotopic (exact) mass is 309 g/mol. The molecule has 0 spiro atoms. The smallest absolute Gasteiger partial charge is 0.308 e. The van der Waals surface area contributed by atoms with Crippen molar-refractivity contribution in [1.82, 2.24) is 14.5 Å². The van der Waals surface area contributed by atoms with Gasteiger partial charge in [0.2, 0.25) is 0 Å². The molecule has 1 aromatic carbocycles. The number of hydrogen-bond acceptors (Lipinski definition) is 2. The van der Waals surface area contributed by atoms with E-state index in [2.05, 4.69) is 4.98 Å². The number of nitrogens with one attached hydrogen (secondary N) is 1. The number of likely N-dealkylation sites (N-methyl/N-ethyl adjacent to an activating group) is 1. The van der Waals surface area contributed by atoms with Crippen LogP contribution in [0.15, 0.2) is 23.0 Å². The molecule has 0 fully saturated rings. The Balaban J connectivity index is 0.00000200. The minimum Gasteiger partial charge on any atom is -0.308 e. The lowest BCUT2D eigenvalue weighted by atomic mass is 10.2. The van der Waals surface area contributed by atoms with Gasteiger partial charge in [-0.1, -0.05) is 0 Å². The predicted octanol–water partition coefficient (Wildman–Crippen LogP) is 2.33. The fraction of sp³-hybridized carbons (Fsp3) is 0.417. The molecule has 0 radical (unpaired) electrons. The lowest BCUT2D eigenvalue weighted by Gasteiger charge is -2.11. The average molecular weight is 310 g/mol. The molecule has 4 nitrogen and oxygen atoms in total. The summed E-state index contributed by atoms with van der Waals surface area (Å²) in [6, 6.07) is 3.25. The molecule has 1 aromatic heterocycles. The number of fused-ring (bicyclic) bond motifs is 1. The molecule has 2 aromatic rings. The summed E-state index contributed by atoms with van der Waals surface area (Å²) in [5, 5.41) is 0. The van der Waals surface area contributed by atoms with E-state index in [0.717, 1.165) is 12.1 Å². The SMILES string of the molecule is CN(C)CCn1c(=O)[nH]c2ccc(C(F)(F)F)cc21.Cl. The van der Waals surface area contributed by atoms with E-state index in [9.17, 15) is 18.0 Å². The molecule has 0 saturated carbocycles. The molecule has 1 heterocycles. The maximum absolute atomic E-state index is 12.7. The maximum atomic E-state index is 12.7. The van der Waals surface area contributed by atoms with Gasteiger partial charge in [0.05, 0.1) is 16.6 Å². The van der Waals surface area contributed by atoms with Crippen LogP contribution in [0.1, 0.15) is 5.56 Å². The van der Waals surface area contributed by atoms with Gasteiger partial charge in [-0.2, -0.15) is 13.2 Å². The molecule has 112 valence electrons. The van der Waals surface area contributed by atoms with Gasteiger partial charge >= 0.3 is 11.9 Å². The minimum atomic E-state index is -4.41. The zero-order chi connectivity index (χ0) is 14.2. The Morgan fingerprint density at radius 3 is 2.50 bits per heavy atom. The Hall–Kier alpha value is -1.47. The molecule has 0 saturated heterocycles. The number of H-pyrrole nitrogens is 1. The Morgan fingerprint density at radius 2 is 1.95 bits per heavy atom. The van der Waals surface area contributed by atoms with Crippen LogP contribution in [0.25, 0.3) is 11.0 Å². The van der Waals surface area contributed by atoms with Crippen LogP contribution in [0.3, 0.4) is 0 Å². The van der Waals surface area contributed by atoms with Crippen LogP contribution in [0.5, 0.6) is 0 Å². The minimum absolute atomic E-state index is 0. The van der Waals surface area contributed by atoms with Crippen molar-refractivity contribution in [2.24, 2.45) is 0 Å². The number of benzene rings is 1. The first-order valence-corrected chi connectivity index (χ1v) is 5.73. The van der Waals surface area contributed by atoms with Gasteiger partial charge in [-0.15, -0.1) is 12.4 Å². The van der Waals surface area contributed by atoms with Gasteiger partial charge in [-0.3, -0.25) is 4.57 Å². The van der Waals surface area contributed by atoms with Gasteiger partial charge in [0.1, 0.15) is 0 Å². The molecule has 0 bridgehead atoms. The topological polar surface area (TPSA) is 41.0 Å². The lowest BCUT2D eigenvalue weighted by molar-refractivity contribution is -0.137. The number of imidazole rings is 1. The summed E-state index contributed by atoms with van der Waals surface area (Å²) in [5.41, 5.74) is -0.452. The van der Waals surface area contributed by atoms with Crippen LogP contribution in [0.4, 0.5) is 13.2 Å². The highest BCUT2D eigenvalue weighted by atomic mass is 35.5. The molecular weight excluding hydrogens is 295 g/mol. The van der Waals surface area contributed by atoms with E-state index >= 15 is 0 Å². The lowest BCUT2D eigenvalue weighted by Crippen LogP contribution is -2.24. The van der Waals surface area contributed by atoms with Crippen molar-refractivity contribution in [1.29, 1.82) is 0 Å². The number of nitrogens with zero attached hydrogens (tertiary/aromatic N) is 2. The first kappa shape index (κ1) is 16.6. The largest absolute Gasteiger partial charge is 0.416 e. The number of aromatic amines is 1. The van der Waals surface area contributed by atoms with Crippen molar-refractivity contribution >= 4 is 23.4 Å². The Bertz CT molecular complexity index is 645. The number of rotatable bonds is 3. The fourth-order valence-electron chi connectivity index (χ4n) is 1.85. The first-order valence-electron chi connectivity index (χ1n) is 5.73. The normalized spacial score (nSPS) is 11.9. The highest BCUT2D eigenvalue weighted by molar-refractivity contribution is 5.85. The fourth-order valence-corrected chi connectivity index (χ4v) is 1.85. The number of alkyl halides is 3. The number of hydrogen-bond donors (Lipinski definition) is 1. The van der Waals surface area contributed by atoms with E-state index in [1.807, 2.05) is 19.0 Å². The second kappa shape index (κ2) is 5.88. The van der Waals surface area contributed by atoms with Gasteiger partial charge in [-0.05, 0) is 32.3 Å². The van der Waals surface area contributed by atoms with E-state index < -0.39 is 17.4 Å². The van der Waals surface area contributed by atoms with Crippen LogP contribution in [-0.2, 0) is 12.7 Å². The molecule has 20 heavy (non-hydrogen) atoms. The van der Waals surface area contributed by atoms with Crippen molar-refractivity contribution in [2.45, 2.75) is 12.7 Å². The van der Waals surface area contributed by atoms with Gasteiger partial charge in [0, 0.05) is 13.1 Å². The average Bonchev–Trinajstić information content (AvgIpc) is 2.59. The summed E-state index contributed by atoms with van der Waals surface area (Å²) < 4.78 is 39.3. The summed E-state index contributed by atoms with van der Waals surface area (Å²) in [4.78, 5) is 16.1. The molecule has 2 rings (SSSR count). The van der Waals surface area contributed by atoms with Crippen molar-refractivity contribution in [3.05, 3.63) is 34.2 Å². The quantitative estimate of drug-likeness (QED) is 0.945. The summed E-state index contributed by atoms with van der Waals surface area (Å²) in [6.07, 6.45) is -4.41. The van der Waals surface area contributed by atoms with Crippen molar-refractivity contribution < 1.29 is 13.2 Å². The van der Waals surface area contributed by atoms with Crippen LogP contribution < -0.4 is 5.69 Å². The van der Waals surface area contributed by atoms with Crippen LogP contribution in [-0.4, -0.2) is 35.1 Å². The third kappa shape index (κ3) is 3.34. The van der Waals surface area contributed by atoms with E-state index in [4.69, 9.17) is 0 Å². The van der Waals surface area contributed by atoms with E-state index in [-0.39, 0.29) is 17.9 Å². The molecule has 1 N–H and O–H groups in total. The summed E-state index contributed by atoms with van der Waals surface area (Å²) in [7, 11) is 3.67. The molecule has 0 amide bonds. The summed E-state index contributed by atoms with van der Waals surface area (Å²) in [5.74, 6) is 0. The Morgan fingerprint density at radius 1 is 1.30 bits per heavy atom. The van der Waals surface area contributed by atoms with Crippen LogP contribution >= 0.6 is 12.4 Å². The molecular formula is C12H15ClF3N3O. The molecule has 0 atom stereocenters. The molecule has 0 aliphatic carbocycles. The third-order valence-electron chi connectivity index (χ3n) is 2.87. The van der Waals surface area contributed by atoms with Gasteiger partial charge in [-0.25, -0.2) is 4.79 Å². The summed E-state index contributed by atoms with van der Waals surface area (Å²) >= 11 is 0.